The fourth-order valence-electron chi connectivity index (χ4n) is 1.85. The Bertz CT molecular complexity index is 392. The minimum atomic E-state index is 0.347. The molecule has 1 atom stereocenters. The lowest BCUT2D eigenvalue weighted by Gasteiger charge is -2.20. The van der Waals surface area contributed by atoms with Crippen molar-refractivity contribution >= 4 is 15.9 Å². The van der Waals surface area contributed by atoms with Crippen LogP contribution in [0.2, 0.25) is 0 Å². The molecule has 0 aliphatic heterocycles. The van der Waals surface area contributed by atoms with Gasteiger partial charge in [-0.3, -0.25) is 0 Å². The molecule has 0 spiro atoms. The molecule has 0 aliphatic rings. The SMILES string of the molecule is C#CCCC(NCCC)c1cccc(C)c1Br. The summed E-state index contributed by atoms with van der Waals surface area (Å²) in [6, 6.07) is 6.73. The molecule has 0 aromatic heterocycles. The van der Waals surface area contributed by atoms with Crippen LogP contribution in [-0.2, 0) is 0 Å². The molecule has 17 heavy (non-hydrogen) atoms. The van der Waals surface area contributed by atoms with Crippen LogP contribution in [-0.4, -0.2) is 6.54 Å². The van der Waals surface area contributed by atoms with Crippen molar-refractivity contribution in [1.29, 1.82) is 0 Å². The van der Waals surface area contributed by atoms with Crippen LogP contribution in [0.15, 0.2) is 22.7 Å². The van der Waals surface area contributed by atoms with Gasteiger partial charge in [-0.25, -0.2) is 0 Å². The van der Waals surface area contributed by atoms with Crippen molar-refractivity contribution in [2.75, 3.05) is 6.54 Å². The standard InChI is InChI=1S/C15H20BrN/c1-4-6-10-14(17-11-5-2)13-9-7-8-12(3)15(13)16/h1,7-9,14,17H,5-6,10-11H2,2-3H3. The molecule has 0 bridgehead atoms. The normalized spacial score (nSPS) is 12.1. The third kappa shape index (κ3) is 4.18. The van der Waals surface area contributed by atoms with Crippen LogP contribution in [0.1, 0.15) is 43.4 Å². The highest BCUT2D eigenvalue weighted by Gasteiger charge is 2.13. The topological polar surface area (TPSA) is 12.0 Å². The average Bonchev–Trinajstić information content (AvgIpc) is 2.34. The van der Waals surface area contributed by atoms with Gasteiger partial charge in [0.25, 0.3) is 0 Å². The molecule has 1 rings (SSSR count). The highest BCUT2D eigenvalue weighted by Crippen LogP contribution is 2.29. The van der Waals surface area contributed by atoms with E-state index < -0.39 is 0 Å². The van der Waals surface area contributed by atoms with Crippen LogP contribution in [0, 0.1) is 19.3 Å². The van der Waals surface area contributed by atoms with Crippen molar-refractivity contribution in [2.45, 2.75) is 39.2 Å². The number of nitrogens with one attached hydrogen (secondary N) is 1. The van der Waals surface area contributed by atoms with E-state index >= 15 is 0 Å². The van der Waals surface area contributed by atoms with Crippen molar-refractivity contribution in [3.63, 3.8) is 0 Å². The Morgan fingerprint density at radius 2 is 2.24 bits per heavy atom. The van der Waals surface area contributed by atoms with E-state index in [2.05, 4.69) is 59.2 Å². The summed E-state index contributed by atoms with van der Waals surface area (Å²) in [6.07, 6.45) is 8.29. The van der Waals surface area contributed by atoms with E-state index in [4.69, 9.17) is 6.42 Å². The molecule has 0 saturated carbocycles. The van der Waals surface area contributed by atoms with Crippen LogP contribution in [0.4, 0.5) is 0 Å². The summed E-state index contributed by atoms with van der Waals surface area (Å²) in [5.41, 5.74) is 2.58. The number of hydrogen-bond donors (Lipinski definition) is 1. The first-order valence-corrected chi connectivity index (χ1v) is 6.91. The molecule has 92 valence electrons. The second-order valence-electron chi connectivity index (χ2n) is 4.23. The van der Waals surface area contributed by atoms with Crippen molar-refractivity contribution in [2.24, 2.45) is 0 Å². The zero-order valence-corrected chi connectivity index (χ0v) is 12.2. The molecule has 1 N–H and O–H groups in total. The van der Waals surface area contributed by atoms with E-state index in [0.29, 0.717) is 6.04 Å². The predicted octanol–water partition coefficient (Wildman–Crippen LogP) is 4.21. The van der Waals surface area contributed by atoms with Gasteiger partial charge in [0.2, 0.25) is 0 Å². The fraction of sp³-hybridized carbons (Fsp3) is 0.467. The minimum absolute atomic E-state index is 0.347. The van der Waals surface area contributed by atoms with Gasteiger partial charge in [-0.2, -0.15) is 0 Å². The monoisotopic (exact) mass is 293 g/mol. The first-order chi connectivity index (χ1) is 8.20. The number of benzene rings is 1. The van der Waals surface area contributed by atoms with E-state index in [9.17, 15) is 0 Å². The first-order valence-electron chi connectivity index (χ1n) is 6.12. The second-order valence-corrected chi connectivity index (χ2v) is 5.02. The van der Waals surface area contributed by atoms with Gasteiger partial charge >= 0.3 is 0 Å². The Kier molecular flexibility index (Phi) is 6.32. The van der Waals surface area contributed by atoms with Crippen LogP contribution in [0.5, 0.6) is 0 Å². The number of hydrogen-bond acceptors (Lipinski definition) is 1. The average molecular weight is 294 g/mol. The zero-order valence-electron chi connectivity index (χ0n) is 10.6. The Hall–Kier alpha value is -0.780. The Morgan fingerprint density at radius 1 is 1.47 bits per heavy atom. The molecule has 1 aromatic rings. The van der Waals surface area contributed by atoms with Crippen molar-refractivity contribution in [1.82, 2.24) is 5.32 Å². The summed E-state index contributed by atoms with van der Waals surface area (Å²) in [4.78, 5) is 0. The third-order valence-electron chi connectivity index (χ3n) is 2.82. The molecule has 1 unspecified atom stereocenters. The van der Waals surface area contributed by atoms with Crippen LogP contribution in [0.3, 0.4) is 0 Å². The fourth-order valence-corrected chi connectivity index (χ4v) is 2.39. The van der Waals surface area contributed by atoms with E-state index in [-0.39, 0.29) is 0 Å². The highest BCUT2D eigenvalue weighted by molar-refractivity contribution is 9.10. The van der Waals surface area contributed by atoms with E-state index in [1.807, 2.05) is 0 Å². The van der Waals surface area contributed by atoms with Gasteiger partial charge in [0.1, 0.15) is 0 Å². The largest absolute Gasteiger partial charge is 0.310 e. The summed E-state index contributed by atoms with van der Waals surface area (Å²) >= 11 is 3.67. The summed E-state index contributed by atoms with van der Waals surface area (Å²) in [7, 11) is 0. The summed E-state index contributed by atoms with van der Waals surface area (Å²) in [5, 5.41) is 3.56. The van der Waals surface area contributed by atoms with Gasteiger partial charge in [-0.15, -0.1) is 12.3 Å². The first kappa shape index (κ1) is 14.3. The number of terminal acetylenes is 1. The Morgan fingerprint density at radius 3 is 2.88 bits per heavy atom. The Labute approximate surface area is 113 Å². The van der Waals surface area contributed by atoms with Gasteiger partial charge in [-0.05, 0) is 37.4 Å². The molecule has 0 radical (unpaired) electrons. The molecule has 0 fully saturated rings. The minimum Gasteiger partial charge on any atom is -0.310 e. The van der Waals surface area contributed by atoms with Crippen LogP contribution < -0.4 is 5.32 Å². The van der Waals surface area contributed by atoms with E-state index in [1.165, 1.54) is 15.6 Å². The van der Waals surface area contributed by atoms with Crippen molar-refractivity contribution in [3.05, 3.63) is 33.8 Å². The maximum atomic E-state index is 5.36. The maximum absolute atomic E-state index is 5.36. The highest BCUT2D eigenvalue weighted by atomic mass is 79.9. The predicted molar refractivity (Wildman–Crippen MR) is 78.0 cm³/mol. The van der Waals surface area contributed by atoms with Gasteiger partial charge in [0, 0.05) is 16.9 Å². The lowest BCUT2D eigenvalue weighted by molar-refractivity contribution is 0.504. The van der Waals surface area contributed by atoms with Gasteiger partial charge in [-0.1, -0.05) is 41.1 Å². The smallest absolute Gasteiger partial charge is 0.0340 e. The number of rotatable bonds is 6. The lowest BCUT2D eigenvalue weighted by atomic mass is 10.00. The quantitative estimate of drug-likeness (QED) is 0.775. The van der Waals surface area contributed by atoms with Gasteiger partial charge < -0.3 is 5.32 Å². The Balaban J connectivity index is 2.87. The molecular weight excluding hydrogens is 274 g/mol. The van der Waals surface area contributed by atoms with Crippen molar-refractivity contribution < 1.29 is 0 Å². The maximum Gasteiger partial charge on any atom is 0.0340 e. The number of aryl methyl sites for hydroxylation is 1. The van der Waals surface area contributed by atoms with Crippen molar-refractivity contribution in [3.8, 4) is 12.3 Å². The summed E-state index contributed by atoms with van der Waals surface area (Å²) < 4.78 is 1.20. The molecule has 0 heterocycles. The second kappa shape index (κ2) is 7.53. The van der Waals surface area contributed by atoms with Crippen LogP contribution >= 0.6 is 15.9 Å². The van der Waals surface area contributed by atoms with Gasteiger partial charge in [0.05, 0.1) is 0 Å². The molecular formula is C15H20BrN. The lowest BCUT2D eigenvalue weighted by Crippen LogP contribution is -2.22. The molecule has 0 saturated heterocycles. The summed E-state index contributed by atoms with van der Waals surface area (Å²) in [6.45, 7) is 5.32. The van der Waals surface area contributed by atoms with E-state index in [1.54, 1.807) is 0 Å². The van der Waals surface area contributed by atoms with E-state index in [0.717, 1.165) is 25.8 Å². The molecule has 0 amide bonds. The zero-order chi connectivity index (χ0) is 12.7. The molecule has 1 aromatic carbocycles. The van der Waals surface area contributed by atoms with Gasteiger partial charge in [0.15, 0.2) is 0 Å². The molecule has 1 nitrogen and oxygen atoms in total. The van der Waals surface area contributed by atoms with Crippen LogP contribution in [0.25, 0.3) is 0 Å². The molecule has 2 heteroatoms. The molecule has 0 aliphatic carbocycles. The number of halogens is 1. The third-order valence-corrected chi connectivity index (χ3v) is 3.90. The summed E-state index contributed by atoms with van der Waals surface area (Å²) in [5.74, 6) is 2.72.